The van der Waals surface area contributed by atoms with Gasteiger partial charge in [-0.3, -0.25) is 4.98 Å². The maximum atomic E-state index is 6.13. The zero-order valence-corrected chi connectivity index (χ0v) is 13.7. The average molecular weight is 348 g/mol. The fraction of sp³-hybridized carbons (Fsp3) is 0.214. The summed E-state index contributed by atoms with van der Waals surface area (Å²) in [6.45, 7) is 0.376. The Morgan fingerprint density at radius 1 is 1.10 bits per heavy atom. The van der Waals surface area contributed by atoms with E-state index in [-0.39, 0.29) is 0 Å². The Hall–Kier alpha value is -1.36. The number of anilines is 1. The second-order valence-corrected chi connectivity index (χ2v) is 5.34. The van der Waals surface area contributed by atoms with Crippen molar-refractivity contribution in [1.82, 2.24) is 4.98 Å². The monoisotopic (exact) mass is 346 g/mol. The Labute approximate surface area is 137 Å². The van der Waals surface area contributed by atoms with E-state index in [9.17, 15) is 0 Å². The number of ether oxygens (including phenoxy) is 2. The minimum atomic E-state index is 0.376. The molecule has 0 amide bonds. The van der Waals surface area contributed by atoms with Gasteiger partial charge in [0.25, 0.3) is 0 Å². The minimum Gasteiger partial charge on any atom is -0.493 e. The summed E-state index contributed by atoms with van der Waals surface area (Å²) in [6.07, 6.45) is 1.64. The van der Waals surface area contributed by atoms with Crippen molar-refractivity contribution in [2.75, 3.05) is 19.5 Å². The van der Waals surface area contributed by atoms with Crippen molar-refractivity contribution >= 4 is 40.5 Å². The first-order chi connectivity index (χ1) is 10.1. The van der Waals surface area contributed by atoms with Gasteiger partial charge < -0.3 is 14.8 Å². The van der Waals surface area contributed by atoms with Gasteiger partial charge in [-0.1, -0.05) is 34.8 Å². The summed E-state index contributed by atoms with van der Waals surface area (Å²) in [5.41, 5.74) is 1.27. The fourth-order valence-corrected chi connectivity index (χ4v) is 2.81. The van der Waals surface area contributed by atoms with Crippen LogP contribution < -0.4 is 14.8 Å². The van der Waals surface area contributed by atoms with E-state index in [1.54, 1.807) is 38.6 Å². The van der Waals surface area contributed by atoms with Crippen molar-refractivity contribution in [3.8, 4) is 11.5 Å². The summed E-state index contributed by atoms with van der Waals surface area (Å²) < 4.78 is 10.6. The van der Waals surface area contributed by atoms with Gasteiger partial charge in [-0.25, -0.2) is 0 Å². The lowest BCUT2D eigenvalue weighted by Crippen LogP contribution is -2.06. The molecule has 0 spiro atoms. The van der Waals surface area contributed by atoms with Gasteiger partial charge in [-0.2, -0.15) is 0 Å². The number of hydrogen-bond acceptors (Lipinski definition) is 4. The first-order valence-corrected chi connectivity index (χ1v) is 7.14. The van der Waals surface area contributed by atoms with Crippen LogP contribution in [-0.4, -0.2) is 19.2 Å². The van der Waals surface area contributed by atoms with Crippen LogP contribution in [0.15, 0.2) is 24.4 Å². The lowest BCUT2D eigenvalue weighted by Gasteiger charge is -2.14. The first-order valence-electron chi connectivity index (χ1n) is 6.01. The molecule has 0 saturated heterocycles. The van der Waals surface area contributed by atoms with E-state index in [1.807, 2.05) is 0 Å². The van der Waals surface area contributed by atoms with Crippen molar-refractivity contribution in [3.05, 3.63) is 45.2 Å². The molecule has 0 aliphatic heterocycles. The molecule has 0 unspecified atom stereocenters. The summed E-state index contributed by atoms with van der Waals surface area (Å²) in [4.78, 5) is 4.27. The molecule has 0 aliphatic carbocycles. The highest BCUT2D eigenvalue weighted by Gasteiger charge is 2.13. The van der Waals surface area contributed by atoms with Gasteiger partial charge in [-0.05, 0) is 12.1 Å². The van der Waals surface area contributed by atoms with Crippen LogP contribution >= 0.6 is 34.8 Å². The number of halogens is 3. The van der Waals surface area contributed by atoms with Crippen molar-refractivity contribution in [2.24, 2.45) is 0 Å². The second-order valence-electron chi connectivity index (χ2n) is 4.09. The van der Waals surface area contributed by atoms with Crippen molar-refractivity contribution < 1.29 is 9.47 Å². The van der Waals surface area contributed by atoms with Gasteiger partial charge in [0, 0.05) is 17.3 Å². The molecular formula is C14H13Cl3N2O2. The zero-order chi connectivity index (χ0) is 15.4. The molecule has 1 aromatic carbocycles. The maximum absolute atomic E-state index is 6.13. The van der Waals surface area contributed by atoms with E-state index in [1.165, 1.54) is 0 Å². The van der Waals surface area contributed by atoms with E-state index in [2.05, 4.69) is 10.3 Å². The Morgan fingerprint density at radius 2 is 1.76 bits per heavy atom. The summed E-state index contributed by atoms with van der Waals surface area (Å²) >= 11 is 18.1. The minimum absolute atomic E-state index is 0.376. The zero-order valence-electron chi connectivity index (χ0n) is 11.4. The molecule has 112 valence electrons. The standard InChI is InChI=1S/C14H13Cl3N2O2/c1-20-12-3-4-18-11(14(12)21-2)7-19-13-9(16)5-8(15)6-10(13)17/h3-6,19H,7H2,1-2H3. The second kappa shape index (κ2) is 7.07. The number of nitrogens with one attached hydrogen (secondary N) is 1. The van der Waals surface area contributed by atoms with Gasteiger partial charge >= 0.3 is 0 Å². The summed E-state index contributed by atoms with van der Waals surface area (Å²) in [5.74, 6) is 1.17. The smallest absolute Gasteiger partial charge is 0.184 e. The molecule has 2 aromatic rings. The highest BCUT2D eigenvalue weighted by Crippen LogP contribution is 2.35. The molecule has 21 heavy (non-hydrogen) atoms. The molecule has 0 fully saturated rings. The van der Waals surface area contributed by atoms with Crippen molar-refractivity contribution in [3.63, 3.8) is 0 Å². The third kappa shape index (κ3) is 3.64. The van der Waals surface area contributed by atoms with E-state index in [4.69, 9.17) is 44.3 Å². The average Bonchev–Trinajstić information content (AvgIpc) is 2.45. The molecule has 7 heteroatoms. The number of hydrogen-bond donors (Lipinski definition) is 1. The summed E-state index contributed by atoms with van der Waals surface area (Å²) in [5, 5.41) is 4.49. The normalized spacial score (nSPS) is 10.3. The van der Waals surface area contributed by atoms with Crippen LogP contribution in [0.25, 0.3) is 0 Å². The number of rotatable bonds is 5. The molecule has 0 atom stereocenters. The fourth-order valence-electron chi connectivity index (χ4n) is 1.86. The first kappa shape index (κ1) is 16.0. The third-order valence-corrected chi connectivity index (χ3v) is 3.62. The van der Waals surface area contributed by atoms with Gasteiger partial charge in [0.2, 0.25) is 0 Å². The molecule has 4 nitrogen and oxygen atoms in total. The SMILES string of the molecule is COc1ccnc(CNc2c(Cl)cc(Cl)cc2Cl)c1OC. The quantitative estimate of drug-likeness (QED) is 0.853. The highest BCUT2D eigenvalue weighted by atomic mass is 35.5. The largest absolute Gasteiger partial charge is 0.493 e. The van der Waals surface area contributed by atoms with Crippen LogP contribution in [0.5, 0.6) is 11.5 Å². The van der Waals surface area contributed by atoms with Crippen LogP contribution in [0.1, 0.15) is 5.69 Å². The highest BCUT2D eigenvalue weighted by molar-refractivity contribution is 6.41. The van der Waals surface area contributed by atoms with Gasteiger partial charge in [0.1, 0.15) is 5.69 Å². The topological polar surface area (TPSA) is 43.4 Å². The number of pyridine rings is 1. The van der Waals surface area contributed by atoms with Crippen molar-refractivity contribution in [2.45, 2.75) is 6.54 Å². The molecule has 0 aliphatic rings. The predicted molar refractivity (Wildman–Crippen MR) is 86.1 cm³/mol. The molecule has 0 bridgehead atoms. The summed E-state index contributed by atoms with van der Waals surface area (Å²) in [7, 11) is 3.13. The van der Waals surface area contributed by atoms with Crippen molar-refractivity contribution in [1.29, 1.82) is 0 Å². The lowest BCUT2D eigenvalue weighted by molar-refractivity contribution is 0.350. The molecule has 2 rings (SSSR count). The Kier molecular flexibility index (Phi) is 5.39. The molecule has 1 heterocycles. The van der Waals surface area contributed by atoms with Gasteiger partial charge in [0.05, 0.1) is 36.5 Å². The number of methoxy groups -OCH3 is 2. The van der Waals surface area contributed by atoms with Crippen LogP contribution in [-0.2, 0) is 6.54 Å². The van der Waals surface area contributed by atoms with E-state index < -0.39 is 0 Å². The number of nitrogens with zero attached hydrogens (tertiary/aromatic N) is 1. The van der Waals surface area contributed by atoms with Crippen LogP contribution in [0.3, 0.4) is 0 Å². The maximum Gasteiger partial charge on any atom is 0.184 e. The van der Waals surface area contributed by atoms with Gasteiger partial charge in [-0.15, -0.1) is 0 Å². The predicted octanol–water partition coefficient (Wildman–Crippen LogP) is 4.67. The van der Waals surface area contributed by atoms with Crippen LogP contribution in [0, 0.1) is 0 Å². The van der Waals surface area contributed by atoms with E-state index in [0.717, 1.165) is 0 Å². The Bertz CT molecular complexity index is 627. The molecular weight excluding hydrogens is 335 g/mol. The van der Waals surface area contributed by atoms with E-state index in [0.29, 0.717) is 44.5 Å². The summed E-state index contributed by atoms with van der Waals surface area (Å²) in [6, 6.07) is 4.96. The molecule has 1 aromatic heterocycles. The van der Waals surface area contributed by atoms with Crippen LogP contribution in [0.4, 0.5) is 5.69 Å². The van der Waals surface area contributed by atoms with Crippen LogP contribution in [0.2, 0.25) is 15.1 Å². The molecule has 0 radical (unpaired) electrons. The molecule has 0 saturated carbocycles. The number of aromatic nitrogens is 1. The van der Waals surface area contributed by atoms with E-state index >= 15 is 0 Å². The molecule has 1 N–H and O–H groups in total. The lowest BCUT2D eigenvalue weighted by atomic mass is 10.2. The number of benzene rings is 1. The third-order valence-electron chi connectivity index (χ3n) is 2.81. The Morgan fingerprint density at radius 3 is 2.33 bits per heavy atom. The van der Waals surface area contributed by atoms with Gasteiger partial charge in [0.15, 0.2) is 11.5 Å². The Balaban J connectivity index is 2.25.